The number of nitrogens with one attached hydrogen (secondary N) is 1. The van der Waals surface area contributed by atoms with Gasteiger partial charge in [-0.2, -0.15) is 0 Å². The molecule has 0 fully saturated rings. The Morgan fingerprint density at radius 2 is 1.91 bits per heavy atom. The minimum Gasteiger partial charge on any atom is -0.459 e. The standard InChI is InChI=1S/C19H18FNO2/c1-13(18-12-15-4-2-3-5-17(15)23-18)21-19(22)11-8-14-6-9-16(20)10-7-14/h2-7,9-10,12-13H,8,11H2,1H3,(H,21,22)/t13-/m0/s1. The molecule has 0 unspecified atom stereocenters. The van der Waals surface area contributed by atoms with Crippen LogP contribution in [0.25, 0.3) is 11.0 Å². The molecule has 1 atom stereocenters. The van der Waals surface area contributed by atoms with Crippen LogP contribution in [-0.4, -0.2) is 5.91 Å². The summed E-state index contributed by atoms with van der Waals surface area (Å²) in [4.78, 5) is 12.1. The lowest BCUT2D eigenvalue weighted by atomic mass is 10.1. The van der Waals surface area contributed by atoms with Crippen molar-refractivity contribution >= 4 is 16.9 Å². The first-order chi connectivity index (χ1) is 11.1. The number of aryl methyl sites for hydroxylation is 1. The predicted molar refractivity (Wildman–Crippen MR) is 87.5 cm³/mol. The summed E-state index contributed by atoms with van der Waals surface area (Å²) < 4.78 is 18.6. The lowest BCUT2D eigenvalue weighted by Gasteiger charge is -2.11. The average Bonchev–Trinajstić information content (AvgIpc) is 2.98. The number of amides is 1. The van der Waals surface area contributed by atoms with Gasteiger partial charge in [-0.05, 0) is 43.2 Å². The van der Waals surface area contributed by atoms with Crippen molar-refractivity contribution in [2.45, 2.75) is 25.8 Å². The van der Waals surface area contributed by atoms with E-state index < -0.39 is 0 Å². The van der Waals surface area contributed by atoms with Crippen LogP contribution in [0.15, 0.2) is 59.0 Å². The monoisotopic (exact) mass is 311 g/mol. The van der Waals surface area contributed by atoms with Crippen molar-refractivity contribution in [3.63, 3.8) is 0 Å². The lowest BCUT2D eigenvalue weighted by Crippen LogP contribution is -2.26. The van der Waals surface area contributed by atoms with Gasteiger partial charge in [-0.3, -0.25) is 4.79 Å². The van der Waals surface area contributed by atoms with Crippen LogP contribution in [0.2, 0.25) is 0 Å². The Kier molecular flexibility index (Phi) is 4.42. The Bertz CT molecular complexity index is 775. The zero-order valence-electron chi connectivity index (χ0n) is 12.9. The topological polar surface area (TPSA) is 42.2 Å². The normalized spacial score (nSPS) is 12.3. The number of para-hydroxylation sites is 1. The molecule has 0 radical (unpaired) electrons. The van der Waals surface area contributed by atoms with Gasteiger partial charge < -0.3 is 9.73 Å². The quantitative estimate of drug-likeness (QED) is 0.759. The SMILES string of the molecule is C[C@H](NC(=O)CCc1ccc(F)cc1)c1cc2ccccc2o1. The molecule has 0 spiro atoms. The smallest absolute Gasteiger partial charge is 0.220 e. The second kappa shape index (κ2) is 6.65. The molecule has 1 amide bonds. The van der Waals surface area contributed by atoms with Gasteiger partial charge in [0.15, 0.2) is 0 Å². The van der Waals surface area contributed by atoms with Crippen LogP contribution >= 0.6 is 0 Å². The summed E-state index contributed by atoms with van der Waals surface area (Å²) in [7, 11) is 0. The van der Waals surface area contributed by atoms with Gasteiger partial charge in [0, 0.05) is 11.8 Å². The fourth-order valence-electron chi connectivity index (χ4n) is 2.51. The number of carbonyl (C=O) groups is 1. The molecule has 23 heavy (non-hydrogen) atoms. The van der Waals surface area contributed by atoms with Crippen LogP contribution in [-0.2, 0) is 11.2 Å². The number of fused-ring (bicyclic) bond motifs is 1. The second-order valence-electron chi connectivity index (χ2n) is 5.60. The van der Waals surface area contributed by atoms with Crippen LogP contribution < -0.4 is 5.32 Å². The van der Waals surface area contributed by atoms with E-state index >= 15 is 0 Å². The molecule has 3 aromatic rings. The van der Waals surface area contributed by atoms with Gasteiger partial charge in [-0.25, -0.2) is 4.39 Å². The first-order valence-electron chi connectivity index (χ1n) is 7.64. The largest absolute Gasteiger partial charge is 0.459 e. The Labute approximate surface area is 134 Å². The molecule has 0 saturated carbocycles. The molecule has 3 nitrogen and oxygen atoms in total. The number of carbonyl (C=O) groups excluding carboxylic acids is 1. The van der Waals surface area contributed by atoms with E-state index in [-0.39, 0.29) is 17.8 Å². The summed E-state index contributed by atoms with van der Waals surface area (Å²) in [6.07, 6.45) is 0.940. The highest BCUT2D eigenvalue weighted by atomic mass is 19.1. The Hall–Kier alpha value is -2.62. The second-order valence-corrected chi connectivity index (χ2v) is 5.60. The van der Waals surface area contributed by atoms with E-state index in [0.717, 1.165) is 22.3 Å². The van der Waals surface area contributed by atoms with Gasteiger partial charge in [0.1, 0.15) is 17.2 Å². The molecule has 4 heteroatoms. The van der Waals surface area contributed by atoms with Gasteiger partial charge in [0.25, 0.3) is 0 Å². The molecule has 3 rings (SSSR count). The van der Waals surface area contributed by atoms with Crippen molar-refractivity contribution in [3.05, 3.63) is 71.7 Å². The van der Waals surface area contributed by atoms with E-state index in [1.165, 1.54) is 12.1 Å². The van der Waals surface area contributed by atoms with Crippen molar-refractivity contribution in [2.75, 3.05) is 0 Å². The van der Waals surface area contributed by atoms with Gasteiger partial charge >= 0.3 is 0 Å². The molecule has 1 heterocycles. The summed E-state index contributed by atoms with van der Waals surface area (Å²) in [5.74, 6) is 0.417. The van der Waals surface area contributed by atoms with Crippen molar-refractivity contribution < 1.29 is 13.6 Å². The Morgan fingerprint density at radius 1 is 1.17 bits per heavy atom. The van der Waals surface area contributed by atoms with Gasteiger partial charge in [-0.1, -0.05) is 30.3 Å². The lowest BCUT2D eigenvalue weighted by molar-refractivity contribution is -0.121. The zero-order chi connectivity index (χ0) is 16.2. The summed E-state index contributed by atoms with van der Waals surface area (Å²) in [5.41, 5.74) is 1.76. The van der Waals surface area contributed by atoms with Gasteiger partial charge in [-0.15, -0.1) is 0 Å². The third kappa shape index (κ3) is 3.77. The highest BCUT2D eigenvalue weighted by Crippen LogP contribution is 2.23. The van der Waals surface area contributed by atoms with Crippen LogP contribution in [0.5, 0.6) is 0 Å². The average molecular weight is 311 g/mol. The first-order valence-corrected chi connectivity index (χ1v) is 7.64. The molecular formula is C19H18FNO2. The number of hydrogen-bond acceptors (Lipinski definition) is 2. The summed E-state index contributed by atoms with van der Waals surface area (Å²) in [5, 5.41) is 3.96. The molecule has 0 aliphatic carbocycles. The van der Waals surface area contributed by atoms with Crippen LogP contribution in [0.1, 0.15) is 30.7 Å². The van der Waals surface area contributed by atoms with Crippen LogP contribution in [0.4, 0.5) is 4.39 Å². The summed E-state index contributed by atoms with van der Waals surface area (Å²) in [6, 6.07) is 15.7. The van der Waals surface area contributed by atoms with Crippen molar-refractivity contribution in [1.29, 1.82) is 0 Å². The number of benzene rings is 2. The van der Waals surface area contributed by atoms with E-state index in [4.69, 9.17) is 4.42 Å². The minimum atomic E-state index is -0.267. The number of hydrogen-bond donors (Lipinski definition) is 1. The third-order valence-corrected chi connectivity index (χ3v) is 3.80. The third-order valence-electron chi connectivity index (χ3n) is 3.80. The predicted octanol–water partition coefficient (Wildman–Crippen LogP) is 4.38. The molecule has 1 N–H and O–H groups in total. The molecule has 0 saturated heterocycles. The maximum atomic E-state index is 12.8. The number of halogens is 1. The molecule has 0 aliphatic rings. The van der Waals surface area contributed by atoms with Gasteiger partial charge in [0.2, 0.25) is 5.91 Å². The van der Waals surface area contributed by atoms with Crippen LogP contribution in [0, 0.1) is 5.82 Å². The zero-order valence-corrected chi connectivity index (χ0v) is 12.9. The number of furan rings is 1. The summed E-state index contributed by atoms with van der Waals surface area (Å²) >= 11 is 0. The Balaban J connectivity index is 1.57. The minimum absolute atomic E-state index is 0.0534. The van der Waals surface area contributed by atoms with Crippen LogP contribution in [0.3, 0.4) is 0 Å². The van der Waals surface area contributed by atoms with Gasteiger partial charge in [0.05, 0.1) is 6.04 Å². The molecule has 1 aromatic heterocycles. The van der Waals surface area contributed by atoms with Crippen molar-refractivity contribution in [2.24, 2.45) is 0 Å². The Morgan fingerprint density at radius 3 is 2.65 bits per heavy atom. The van der Waals surface area contributed by atoms with E-state index in [1.54, 1.807) is 12.1 Å². The maximum absolute atomic E-state index is 12.8. The number of rotatable bonds is 5. The summed E-state index contributed by atoms with van der Waals surface area (Å²) in [6.45, 7) is 1.90. The van der Waals surface area contributed by atoms with Crippen molar-refractivity contribution in [3.8, 4) is 0 Å². The molecule has 0 bridgehead atoms. The van der Waals surface area contributed by atoms with E-state index in [0.29, 0.717) is 12.8 Å². The first kappa shape index (κ1) is 15.3. The fourth-order valence-corrected chi connectivity index (χ4v) is 2.51. The molecular weight excluding hydrogens is 293 g/mol. The highest BCUT2D eigenvalue weighted by molar-refractivity contribution is 5.79. The van der Waals surface area contributed by atoms with E-state index in [1.807, 2.05) is 37.3 Å². The fraction of sp³-hybridized carbons (Fsp3) is 0.211. The molecule has 0 aliphatic heterocycles. The van der Waals surface area contributed by atoms with Crippen molar-refractivity contribution in [1.82, 2.24) is 5.32 Å². The van der Waals surface area contributed by atoms with E-state index in [9.17, 15) is 9.18 Å². The maximum Gasteiger partial charge on any atom is 0.220 e. The molecule has 2 aromatic carbocycles. The van der Waals surface area contributed by atoms with E-state index in [2.05, 4.69) is 5.32 Å². The molecule has 118 valence electrons. The highest BCUT2D eigenvalue weighted by Gasteiger charge is 2.14.